The van der Waals surface area contributed by atoms with Crippen molar-refractivity contribution < 1.29 is 9.59 Å². The lowest BCUT2D eigenvalue weighted by molar-refractivity contribution is -0.143. The van der Waals surface area contributed by atoms with Crippen LogP contribution < -0.4 is 10.2 Å². The van der Waals surface area contributed by atoms with Gasteiger partial charge in [-0.15, -0.1) is 0 Å². The van der Waals surface area contributed by atoms with Gasteiger partial charge in [0.05, 0.1) is 10.6 Å². The molecule has 2 aromatic rings. The number of rotatable bonds is 7. The molecule has 2 aromatic carbocycles. The molecular formula is C26H36ClN3O2. The Morgan fingerprint density at radius 3 is 2.19 bits per heavy atom. The lowest BCUT2D eigenvalue weighted by Crippen LogP contribution is -2.46. The molecule has 1 unspecified atom stereocenters. The highest BCUT2D eigenvalue weighted by atomic mass is 35.5. The van der Waals surface area contributed by atoms with Crippen LogP contribution in [0.5, 0.6) is 0 Å². The summed E-state index contributed by atoms with van der Waals surface area (Å²) < 4.78 is 0. The number of hydrogen-bond donors (Lipinski definition) is 1. The zero-order valence-corrected chi connectivity index (χ0v) is 21.2. The summed E-state index contributed by atoms with van der Waals surface area (Å²) in [6.45, 7) is 12.6. The van der Waals surface area contributed by atoms with Crippen molar-refractivity contribution in [2.45, 2.75) is 54.1 Å². The molecule has 174 valence electrons. The van der Waals surface area contributed by atoms with E-state index in [0.717, 1.165) is 11.3 Å². The van der Waals surface area contributed by atoms with Gasteiger partial charge in [-0.2, -0.15) is 0 Å². The van der Waals surface area contributed by atoms with Crippen molar-refractivity contribution in [1.29, 1.82) is 0 Å². The minimum absolute atomic E-state index is 0.0677. The summed E-state index contributed by atoms with van der Waals surface area (Å²) in [5, 5.41) is 3.35. The molecule has 0 aliphatic heterocycles. The van der Waals surface area contributed by atoms with Gasteiger partial charge in [-0.1, -0.05) is 58.4 Å². The molecule has 0 saturated heterocycles. The summed E-state index contributed by atoms with van der Waals surface area (Å²) in [6, 6.07) is 12.8. The Morgan fingerprint density at radius 2 is 1.66 bits per heavy atom. The second kappa shape index (κ2) is 10.4. The Labute approximate surface area is 197 Å². The van der Waals surface area contributed by atoms with Gasteiger partial charge in [0, 0.05) is 43.5 Å². The molecule has 2 rings (SSSR count). The van der Waals surface area contributed by atoms with Crippen LogP contribution in [-0.2, 0) is 11.3 Å². The molecule has 32 heavy (non-hydrogen) atoms. The molecule has 0 aliphatic carbocycles. The molecule has 0 spiro atoms. The molecule has 0 fully saturated rings. The monoisotopic (exact) mass is 457 g/mol. The Kier molecular flexibility index (Phi) is 8.35. The Bertz CT molecular complexity index is 964. The topological polar surface area (TPSA) is 52.7 Å². The van der Waals surface area contributed by atoms with Gasteiger partial charge in [-0.3, -0.25) is 9.59 Å². The predicted octanol–water partition coefficient (Wildman–Crippen LogP) is 6.08. The van der Waals surface area contributed by atoms with Crippen molar-refractivity contribution in [2.24, 2.45) is 11.3 Å². The van der Waals surface area contributed by atoms with Gasteiger partial charge in [-0.25, -0.2) is 0 Å². The number of anilines is 2. The van der Waals surface area contributed by atoms with E-state index in [9.17, 15) is 9.59 Å². The fourth-order valence-electron chi connectivity index (χ4n) is 3.44. The maximum Gasteiger partial charge on any atom is 0.257 e. The zero-order valence-electron chi connectivity index (χ0n) is 20.5. The number of carbonyl (C=O) groups is 2. The van der Waals surface area contributed by atoms with Crippen molar-refractivity contribution >= 4 is 34.8 Å². The standard InChI is InChI=1S/C26H36ClN3O2/c1-17(2)18(3)30(25(32)26(4,5)6)16-19-15-20(13-14-23(19)29(7)8)28-24(31)21-11-9-10-12-22(21)27/h9-15,17-18H,16H2,1-8H3,(H,28,31). The smallest absolute Gasteiger partial charge is 0.257 e. The summed E-state index contributed by atoms with van der Waals surface area (Å²) in [6.07, 6.45) is 0. The molecule has 6 heteroatoms. The molecule has 0 radical (unpaired) electrons. The van der Waals surface area contributed by atoms with Crippen LogP contribution in [0.3, 0.4) is 0 Å². The average molecular weight is 458 g/mol. The van der Waals surface area contributed by atoms with Crippen molar-refractivity contribution in [3.05, 3.63) is 58.6 Å². The minimum atomic E-state index is -0.489. The summed E-state index contributed by atoms with van der Waals surface area (Å²) in [4.78, 5) is 30.0. The highest BCUT2D eigenvalue weighted by molar-refractivity contribution is 6.34. The summed E-state index contributed by atoms with van der Waals surface area (Å²) in [5.41, 5.74) is 2.57. The van der Waals surface area contributed by atoms with Crippen molar-refractivity contribution in [1.82, 2.24) is 4.90 Å². The Hall–Kier alpha value is -2.53. The van der Waals surface area contributed by atoms with E-state index in [1.807, 2.05) is 62.9 Å². The van der Waals surface area contributed by atoms with Crippen LogP contribution in [0.2, 0.25) is 5.02 Å². The SMILES string of the molecule is CC(C)C(C)N(Cc1cc(NC(=O)c2ccccc2Cl)ccc1N(C)C)C(=O)C(C)(C)C. The van der Waals surface area contributed by atoms with Gasteiger partial charge in [0.2, 0.25) is 5.91 Å². The zero-order chi connectivity index (χ0) is 24.2. The van der Waals surface area contributed by atoms with E-state index in [2.05, 4.69) is 26.1 Å². The van der Waals surface area contributed by atoms with Crippen LogP contribution in [0.1, 0.15) is 57.5 Å². The lowest BCUT2D eigenvalue weighted by Gasteiger charge is -2.37. The summed E-state index contributed by atoms with van der Waals surface area (Å²) >= 11 is 6.18. The molecule has 0 aliphatic rings. The fraction of sp³-hybridized carbons (Fsp3) is 0.462. The fourth-order valence-corrected chi connectivity index (χ4v) is 3.67. The third-order valence-corrected chi connectivity index (χ3v) is 5.97. The Morgan fingerprint density at radius 1 is 1.03 bits per heavy atom. The molecule has 0 bridgehead atoms. The maximum atomic E-state index is 13.3. The van der Waals surface area contributed by atoms with Crippen molar-refractivity contribution in [3.8, 4) is 0 Å². The Balaban J connectivity index is 2.42. The second-order valence-electron chi connectivity index (χ2n) is 9.84. The first-order valence-corrected chi connectivity index (χ1v) is 11.4. The average Bonchev–Trinajstić information content (AvgIpc) is 2.70. The van der Waals surface area contributed by atoms with Crippen LogP contribution in [0.4, 0.5) is 11.4 Å². The van der Waals surface area contributed by atoms with Gasteiger partial charge in [0.25, 0.3) is 5.91 Å². The largest absolute Gasteiger partial charge is 0.377 e. The molecule has 1 atom stereocenters. The molecule has 0 saturated carbocycles. The third kappa shape index (κ3) is 6.26. The molecule has 2 amide bonds. The lowest BCUT2D eigenvalue weighted by atomic mass is 9.92. The number of hydrogen-bond acceptors (Lipinski definition) is 3. The van der Waals surface area contributed by atoms with Gasteiger partial charge >= 0.3 is 0 Å². The predicted molar refractivity (Wildman–Crippen MR) is 134 cm³/mol. The van der Waals surface area contributed by atoms with Crippen molar-refractivity contribution in [3.63, 3.8) is 0 Å². The van der Waals surface area contributed by atoms with Crippen molar-refractivity contribution in [2.75, 3.05) is 24.3 Å². The van der Waals surface area contributed by atoms with Gasteiger partial charge in [-0.05, 0) is 48.7 Å². The van der Waals surface area contributed by atoms with E-state index in [1.165, 1.54) is 0 Å². The van der Waals surface area contributed by atoms with E-state index in [0.29, 0.717) is 28.7 Å². The first-order valence-electron chi connectivity index (χ1n) is 11.0. The van der Waals surface area contributed by atoms with Crippen LogP contribution in [0.25, 0.3) is 0 Å². The van der Waals surface area contributed by atoms with Crippen LogP contribution in [-0.4, -0.2) is 36.9 Å². The molecule has 1 N–H and O–H groups in total. The number of benzene rings is 2. The number of carbonyl (C=O) groups excluding carboxylic acids is 2. The van der Waals surface area contributed by atoms with E-state index in [1.54, 1.807) is 24.3 Å². The number of nitrogens with one attached hydrogen (secondary N) is 1. The summed E-state index contributed by atoms with van der Waals surface area (Å²) in [7, 11) is 3.95. The quantitative estimate of drug-likeness (QED) is 0.548. The van der Waals surface area contributed by atoms with Gasteiger partial charge in [0.15, 0.2) is 0 Å². The van der Waals surface area contributed by atoms with Crippen LogP contribution in [0, 0.1) is 11.3 Å². The normalized spacial score (nSPS) is 12.4. The highest BCUT2D eigenvalue weighted by Crippen LogP contribution is 2.29. The molecule has 0 aromatic heterocycles. The van der Waals surface area contributed by atoms with E-state index in [4.69, 9.17) is 11.6 Å². The number of halogens is 1. The number of amides is 2. The first kappa shape index (κ1) is 25.7. The van der Waals surface area contributed by atoms with Gasteiger partial charge < -0.3 is 15.1 Å². The number of nitrogens with zero attached hydrogens (tertiary/aromatic N) is 2. The van der Waals surface area contributed by atoms with Gasteiger partial charge in [0.1, 0.15) is 0 Å². The summed E-state index contributed by atoms with van der Waals surface area (Å²) in [5.74, 6) is 0.151. The molecular weight excluding hydrogens is 422 g/mol. The molecule has 0 heterocycles. The van der Waals surface area contributed by atoms with E-state index >= 15 is 0 Å². The highest BCUT2D eigenvalue weighted by Gasteiger charge is 2.32. The molecule has 5 nitrogen and oxygen atoms in total. The van der Waals surface area contributed by atoms with Crippen LogP contribution in [0.15, 0.2) is 42.5 Å². The van der Waals surface area contributed by atoms with E-state index < -0.39 is 5.41 Å². The van der Waals surface area contributed by atoms with Crippen LogP contribution >= 0.6 is 11.6 Å². The second-order valence-corrected chi connectivity index (χ2v) is 10.2. The first-order chi connectivity index (χ1) is 14.8. The maximum absolute atomic E-state index is 13.3. The van der Waals surface area contributed by atoms with E-state index in [-0.39, 0.29) is 17.9 Å². The minimum Gasteiger partial charge on any atom is -0.377 e. The third-order valence-electron chi connectivity index (χ3n) is 5.64.